The van der Waals surface area contributed by atoms with Gasteiger partial charge in [-0.15, -0.1) is 0 Å². The average molecular weight is 267 g/mol. The van der Waals surface area contributed by atoms with Gasteiger partial charge in [0.05, 0.1) is 6.61 Å². The molecule has 0 bridgehead atoms. The van der Waals surface area contributed by atoms with Crippen LogP contribution in [0.5, 0.6) is 11.5 Å². The first-order chi connectivity index (χ1) is 9.21. The summed E-state index contributed by atoms with van der Waals surface area (Å²) in [5, 5.41) is 0. The Balaban J connectivity index is 2.75. The van der Waals surface area contributed by atoms with Crippen LogP contribution in [0.4, 0.5) is 0 Å². The summed E-state index contributed by atoms with van der Waals surface area (Å²) in [6, 6.07) is 6.13. The van der Waals surface area contributed by atoms with Crippen molar-refractivity contribution in [3.8, 4) is 11.5 Å². The molecule has 0 saturated heterocycles. The molecule has 0 aliphatic rings. The lowest BCUT2D eigenvalue weighted by atomic mass is 10.0. The van der Waals surface area contributed by atoms with Crippen molar-refractivity contribution in [1.82, 2.24) is 0 Å². The summed E-state index contributed by atoms with van der Waals surface area (Å²) in [6.07, 6.45) is 1.81. The number of nitrogens with two attached hydrogens (primary N) is 1. The molecule has 19 heavy (non-hydrogen) atoms. The minimum atomic E-state index is 0.185. The normalized spacial score (nSPS) is 12.2. The first-order valence-corrected chi connectivity index (χ1v) is 6.93. The molecule has 1 unspecified atom stereocenters. The molecule has 108 valence electrons. The van der Waals surface area contributed by atoms with Crippen molar-refractivity contribution in [1.29, 1.82) is 0 Å². The monoisotopic (exact) mass is 267 g/mol. The fourth-order valence-electron chi connectivity index (χ4n) is 1.70. The Bertz CT molecular complexity index is 368. The molecule has 0 heterocycles. The van der Waals surface area contributed by atoms with E-state index >= 15 is 0 Å². The number of rotatable bonds is 9. The summed E-state index contributed by atoms with van der Waals surface area (Å²) in [6.45, 7) is 7.46. The van der Waals surface area contributed by atoms with E-state index in [2.05, 4.69) is 6.92 Å². The van der Waals surface area contributed by atoms with Crippen LogP contribution in [0.1, 0.15) is 32.8 Å². The van der Waals surface area contributed by atoms with Crippen LogP contribution in [0, 0.1) is 0 Å². The van der Waals surface area contributed by atoms with Crippen molar-refractivity contribution in [3.05, 3.63) is 23.8 Å². The molecule has 0 saturated carbocycles. The van der Waals surface area contributed by atoms with Crippen LogP contribution in [-0.2, 0) is 11.2 Å². The number of hydrogen-bond donors (Lipinski definition) is 1. The van der Waals surface area contributed by atoms with Crippen LogP contribution in [0.15, 0.2) is 18.2 Å². The van der Waals surface area contributed by atoms with Gasteiger partial charge in [-0.25, -0.2) is 0 Å². The van der Waals surface area contributed by atoms with Crippen molar-refractivity contribution in [2.75, 3.05) is 20.0 Å². The SMILES string of the molecule is CCOCOc1ccc(CC(N)CC)cc1OCC. The lowest BCUT2D eigenvalue weighted by Gasteiger charge is -2.14. The Hall–Kier alpha value is -1.26. The zero-order valence-electron chi connectivity index (χ0n) is 12.1. The smallest absolute Gasteiger partial charge is 0.189 e. The molecule has 0 amide bonds. The molecule has 0 aromatic heterocycles. The second-order valence-electron chi connectivity index (χ2n) is 4.34. The Morgan fingerprint density at radius 2 is 1.84 bits per heavy atom. The van der Waals surface area contributed by atoms with Crippen molar-refractivity contribution in [3.63, 3.8) is 0 Å². The Kier molecular flexibility index (Phi) is 7.30. The molecule has 4 nitrogen and oxygen atoms in total. The Labute approximate surface area is 115 Å². The average Bonchev–Trinajstić information content (AvgIpc) is 2.41. The van der Waals surface area contributed by atoms with Gasteiger partial charge in [-0.2, -0.15) is 0 Å². The van der Waals surface area contributed by atoms with E-state index in [1.54, 1.807) is 0 Å². The predicted octanol–water partition coefficient (Wildman–Crippen LogP) is 2.74. The fourth-order valence-corrected chi connectivity index (χ4v) is 1.70. The maximum atomic E-state index is 5.97. The van der Waals surface area contributed by atoms with E-state index < -0.39 is 0 Å². The zero-order chi connectivity index (χ0) is 14.1. The van der Waals surface area contributed by atoms with E-state index in [1.807, 2.05) is 32.0 Å². The molecule has 1 atom stereocenters. The molecule has 1 aromatic carbocycles. The lowest BCUT2D eigenvalue weighted by Crippen LogP contribution is -2.21. The Morgan fingerprint density at radius 3 is 2.47 bits per heavy atom. The zero-order valence-corrected chi connectivity index (χ0v) is 12.1. The second kappa shape index (κ2) is 8.77. The summed E-state index contributed by atoms with van der Waals surface area (Å²) in [5.41, 5.74) is 7.14. The van der Waals surface area contributed by atoms with Crippen molar-refractivity contribution >= 4 is 0 Å². The number of ether oxygens (including phenoxy) is 3. The number of benzene rings is 1. The predicted molar refractivity (Wildman–Crippen MR) is 76.7 cm³/mol. The highest BCUT2D eigenvalue weighted by molar-refractivity contribution is 5.43. The van der Waals surface area contributed by atoms with Crippen LogP contribution < -0.4 is 15.2 Å². The molecule has 0 aliphatic heterocycles. The topological polar surface area (TPSA) is 53.7 Å². The van der Waals surface area contributed by atoms with Gasteiger partial charge in [-0.3, -0.25) is 0 Å². The summed E-state index contributed by atoms with van der Waals surface area (Å²) < 4.78 is 16.3. The van der Waals surface area contributed by atoms with Gasteiger partial charge in [0.2, 0.25) is 0 Å². The first kappa shape index (κ1) is 15.8. The number of hydrogen-bond acceptors (Lipinski definition) is 4. The van der Waals surface area contributed by atoms with Crippen molar-refractivity contribution in [2.24, 2.45) is 5.73 Å². The second-order valence-corrected chi connectivity index (χ2v) is 4.34. The maximum Gasteiger partial charge on any atom is 0.189 e. The minimum absolute atomic E-state index is 0.185. The standard InChI is InChI=1S/C15H25NO3/c1-4-13(16)9-12-7-8-14(19-11-17-5-2)15(10-12)18-6-3/h7-8,10,13H,4-6,9,11,16H2,1-3H3. The van der Waals surface area contributed by atoms with E-state index in [0.717, 1.165) is 18.6 Å². The molecule has 2 N–H and O–H groups in total. The van der Waals surface area contributed by atoms with E-state index in [4.69, 9.17) is 19.9 Å². The van der Waals surface area contributed by atoms with Crippen molar-refractivity contribution in [2.45, 2.75) is 39.7 Å². The van der Waals surface area contributed by atoms with Gasteiger partial charge >= 0.3 is 0 Å². The summed E-state index contributed by atoms with van der Waals surface area (Å²) in [4.78, 5) is 0. The third kappa shape index (κ3) is 5.49. The van der Waals surface area contributed by atoms with Crippen molar-refractivity contribution < 1.29 is 14.2 Å². The summed E-state index contributed by atoms with van der Waals surface area (Å²) in [5.74, 6) is 1.46. The maximum absolute atomic E-state index is 5.97. The van der Waals surface area contributed by atoms with Gasteiger partial charge in [0.15, 0.2) is 18.3 Å². The van der Waals surface area contributed by atoms with Crippen LogP contribution in [-0.4, -0.2) is 26.0 Å². The van der Waals surface area contributed by atoms with Gasteiger partial charge in [0.25, 0.3) is 0 Å². The highest BCUT2D eigenvalue weighted by Crippen LogP contribution is 2.29. The molecular formula is C15H25NO3. The van der Waals surface area contributed by atoms with Crippen LogP contribution in [0.3, 0.4) is 0 Å². The van der Waals surface area contributed by atoms with Crippen LogP contribution >= 0.6 is 0 Å². The molecule has 4 heteroatoms. The van der Waals surface area contributed by atoms with E-state index in [9.17, 15) is 0 Å². The third-order valence-electron chi connectivity index (χ3n) is 2.83. The van der Waals surface area contributed by atoms with Gasteiger partial charge in [0.1, 0.15) is 0 Å². The molecule has 0 radical (unpaired) electrons. The van der Waals surface area contributed by atoms with Gasteiger partial charge in [-0.05, 0) is 44.4 Å². The lowest BCUT2D eigenvalue weighted by molar-refractivity contribution is 0.0206. The molecule has 1 aromatic rings. The molecule has 0 fully saturated rings. The quantitative estimate of drug-likeness (QED) is 0.552. The first-order valence-electron chi connectivity index (χ1n) is 6.93. The van der Waals surface area contributed by atoms with Crippen LogP contribution in [0.2, 0.25) is 0 Å². The van der Waals surface area contributed by atoms with E-state index in [0.29, 0.717) is 19.0 Å². The molecule has 0 aliphatic carbocycles. The largest absolute Gasteiger partial charge is 0.490 e. The highest BCUT2D eigenvalue weighted by atomic mass is 16.7. The van der Waals surface area contributed by atoms with E-state index in [-0.39, 0.29) is 12.8 Å². The summed E-state index contributed by atoms with van der Waals surface area (Å²) >= 11 is 0. The minimum Gasteiger partial charge on any atom is -0.490 e. The van der Waals surface area contributed by atoms with Crippen LogP contribution in [0.25, 0.3) is 0 Å². The molecule has 0 spiro atoms. The molecule has 1 rings (SSSR count). The van der Waals surface area contributed by atoms with Gasteiger partial charge < -0.3 is 19.9 Å². The highest BCUT2D eigenvalue weighted by Gasteiger charge is 2.08. The fraction of sp³-hybridized carbons (Fsp3) is 0.600. The molecular weight excluding hydrogens is 242 g/mol. The summed E-state index contributed by atoms with van der Waals surface area (Å²) in [7, 11) is 0. The van der Waals surface area contributed by atoms with Gasteiger partial charge in [0, 0.05) is 12.6 Å². The Morgan fingerprint density at radius 1 is 1.05 bits per heavy atom. The third-order valence-corrected chi connectivity index (χ3v) is 2.83. The van der Waals surface area contributed by atoms with Gasteiger partial charge in [-0.1, -0.05) is 13.0 Å². The van der Waals surface area contributed by atoms with E-state index in [1.165, 1.54) is 5.56 Å².